The predicted molar refractivity (Wildman–Crippen MR) is 100.0 cm³/mol. The summed E-state index contributed by atoms with van der Waals surface area (Å²) in [6.07, 6.45) is 4.32. The molecule has 1 atom stereocenters. The maximum atomic E-state index is 12.6. The van der Waals surface area contributed by atoms with Gasteiger partial charge in [-0.25, -0.2) is 0 Å². The second-order valence-corrected chi connectivity index (χ2v) is 6.04. The summed E-state index contributed by atoms with van der Waals surface area (Å²) in [5.41, 5.74) is 3.01. The van der Waals surface area contributed by atoms with Crippen LogP contribution in [0.25, 0.3) is 0 Å². The average Bonchev–Trinajstić information content (AvgIpc) is 3.14. The number of methoxy groups -OCH3 is 1. The standard InChI is InChI=1S/C21H22N2O2/c1-16-6-5-7-18(14-16)22-21(24)15-20(23-12-3-4-13-23)17-8-10-19(25-2)11-9-17/h3-14,20H,15H2,1-2H3,(H,22,24)/t20-/m0/s1. The average molecular weight is 334 g/mol. The maximum Gasteiger partial charge on any atom is 0.226 e. The Bertz CT molecular complexity index is 823. The van der Waals surface area contributed by atoms with Gasteiger partial charge in [-0.3, -0.25) is 4.79 Å². The number of ether oxygens (including phenoxy) is 1. The third kappa shape index (κ3) is 4.29. The van der Waals surface area contributed by atoms with Crippen LogP contribution in [0.3, 0.4) is 0 Å². The molecule has 1 N–H and O–H groups in total. The second-order valence-electron chi connectivity index (χ2n) is 6.04. The molecular weight excluding hydrogens is 312 g/mol. The number of benzene rings is 2. The van der Waals surface area contributed by atoms with Crippen molar-refractivity contribution in [2.75, 3.05) is 12.4 Å². The number of nitrogens with zero attached hydrogens (tertiary/aromatic N) is 1. The van der Waals surface area contributed by atoms with Gasteiger partial charge in [-0.05, 0) is 54.4 Å². The van der Waals surface area contributed by atoms with Crippen LogP contribution in [0.1, 0.15) is 23.6 Å². The number of amides is 1. The summed E-state index contributed by atoms with van der Waals surface area (Å²) in [4.78, 5) is 12.6. The van der Waals surface area contributed by atoms with Crippen molar-refractivity contribution >= 4 is 11.6 Å². The van der Waals surface area contributed by atoms with E-state index in [4.69, 9.17) is 4.74 Å². The molecule has 0 saturated carbocycles. The topological polar surface area (TPSA) is 43.3 Å². The highest BCUT2D eigenvalue weighted by atomic mass is 16.5. The molecule has 4 nitrogen and oxygen atoms in total. The summed E-state index contributed by atoms with van der Waals surface area (Å²) in [6, 6.07) is 19.5. The van der Waals surface area contributed by atoms with Crippen molar-refractivity contribution < 1.29 is 9.53 Å². The van der Waals surface area contributed by atoms with Gasteiger partial charge in [0, 0.05) is 18.1 Å². The van der Waals surface area contributed by atoms with Crippen LogP contribution in [0.2, 0.25) is 0 Å². The minimum Gasteiger partial charge on any atom is -0.497 e. The van der Waals surface area contributed by atoms with Crippen molar-refractivity contribution in [3.05, 3.63) is 84.2 Å². The number of anilines is 1. The molecule has 3 rings (SSSR count). The Labute approximate surface area is 148 Å². The molecule has 0 saturated heterocycles. The van der Waals surface area contributed by atoms with Gasteiger partial charge in [0.25, 0.3) is 0 Å². The zero-order chi connectivity index (χ0) is 17.6. The third-order valence-corrected chi connectivity index (χ3v) is 4.17. The molecule has 2 aromatic carbocycles. The molecule has 25 heavy (non-hydrogen) atoms. The summed E-state index contributed by atoms with van der Waals surface area (Å²) >= 11 is 0. The Kier molecular flexibility index (Phi) is 5.19. The number of hydrogen-bond acceptors (Lipinski definition) is 2. The van der Waals surface area contributed by atoms with Gasteiger partial charge in [0.2, 0.25) is 5.91 Å². The lowest BCUT2D eigenvalue weighted by atomic mass is 10.0. The van der Waals surface area contributed by atoms with Crippen molar-refractivity contribution in [2.24, 2.45) is 0 Å². The summed E-state index contributed by atoms with van der Waals surface area (Å²) in [5, 5.41) is 2.99. The fourth-order valence-electron chi connectivity index (χ4n) is 2.89. The number of aryl methyl sites for hydroxylation is 1. The van der Waals surface area contributed by atoms with Crippen LogP contribution < -0.4 is 10.1 Å². The van der Waals surface area contributed by atoms with E-state index < -0.39 is 0 Å². The number of hydrogen-bond donors (Lipinski definition) is 1. The van der Waals surface area contributed by atoms with Crippen LogP contribution in [0, 0.1) is 6.92 Å². The maximum absolute atomic E-state index is 12.6. The van der Waals surface area contributed by atoms with Crippen molar-refractivity contribution in [3.63, 3.8) is 0 Å². The monoisotopic (exact) mass is 334 g/mol. The fourth-order valence-corrected chi connectivity index (χ4v) is 2.89. The SMILES string of the molecule is COc1ccc([C@H](CC(=O)Nc2cccc(C)c2)n2cccc2)cc1. The van der Waals surface area contributed by atoms with E-state index >= 15 is 0 Å². The molecule has 4 heteroatoms. The van der Waals surface area contributed by atoms with Gasteiger partial charge in [0.15, 0.2) is 0 Å². The number of carbonyl (C=O) groups excluding carboxylic acids is 1. The Morgan fingerprint density at radius 2 is 1.80 bits per heavy atom. The molecule has 0 bridgehead atoms. The summed E-state index contributed by atoms with van der Waals surface area (Å²) < 4.78 is 7.28. The van der Waals surface area contributed by atoms with Gasteiger partial charge in [-0.2, -0.15) is 0 Å². The number of aromatic nitrogens is 1. The Morgan fingerprint density at radius 3 is 2.44 bits per heavy atom. The molecule has 0 radical (unpaired) electrons. The van der Waals surface area contributed by atoms with E-state index in [2.05, 4.69) is 9.88 Å². The first-order valence-electron chi connectivity index (χ1n) is 8.28. The van der Waals surface area contributed by atoms with Crippen LogP contribution >= 0.6 is 0 Å². The highest BCUT2D eigenvalue weighted by molar-refractivity contribution is 5.91. The van der Waals surface area contributed by atoms with E-state index in [0.29, 0.717) is 6.42 Å². The van der Waals surface area contributed by atoms with E-state index in [0.717, 1.165) is 22.6 Å². The minimum atomic E-state index is -0.0642. The normalized spacial score (nSPS) is 11.8. The lowest BCUT2D eigenvalue weighted by Gasteiger charge is -2.20. The molecule has 0 aliphatic carbocycles. The van der Waals surface area contributed by atoms with Gasteiger partial charge in [0.05, 0.1) is 19.6 Å². The van der Waals surface area contributed by atoms with Gasteiger partial charge in [-0.15, -0.1) is 0 Å². The molecule has 1 aromatic heterocycles. The summed E-state index contributed by atoms with van der Waals surface area (Å²) in [5.74, 6) is 0.791. The van der Waals surface area contributed by atoms with E-state index in [1.807, 2.05) is 80.0 Å². The van der Waals surface area contributed by atoms with E-state index in [-0.39, 0.29) is 11.9 Å². The molecule has 1 amide bonds. The van der Waals surface area contributed by atoms with Crippen molar-refractivity contribution in [1.82, 2.24) is 4.57 Å². The lowest BCUT2D eigenvalue weighted by molar-refractivity contribution is -0.116. The van der Waals surface area contributed by atoms with Crippen LogP contribution in [0.5, 0.6) is 5.75 Å². The molecule has 3 aromatic rings. The second kappa shape index (κ2) is 7.71. The predicted octanol–water partition coefficient (Wildman–Crippen LogP) is 4.42. The number of carbonyl (C=O) groups is 1. The zero-order valence-electron chi connectivity index (χ0n) is 14.5. The lowest BCUT2D eigenvalue weighted by Crippen LogP contribution is -2.19. The zero-order valence-corrected chi connectivity index (χ0v) is 14.5. The molecular formula is C21H22N2O2. The first kappa shape index (κ1) is 16.8. The van der Waals surface area contributed by atoms with Crippen LogP contribution in [-0.2, 0) is 4.79 Å². The van der Waals surface area contributed by atoms with E-state index in [9.17, 15) is 4.79 Å². The van der Waals surface area contributed by atoms with Gasteiger partial charge < -0.3 is 14.6 Å². The molecule has 1 heterocycles. The van der Waals surface area contributed by atoms with E-state index in [1.54, 1.807) is 7.11 Å². The Hall–Kier alpha value is -3.01. The van der Waals surface area contributed by atoms with Gasteiger partial charge in [0.1, 0.15) is 5.75 Å². The third-order valence-electron chi connectivity index (χ3n) is 4.17. The molecule has 0 spiro atoms. The fraction of sp³-hybridized carbons (Fsp3) is 0.190. The van der Waals surface area contributed by atoms with Crippen LogP contribution in [-0.4, -0.2) is 17.6 Å². The Balaban J connectivity index is 1.79. The smallest absolute Gasteiger partial charge is 0.226 e. The first-order valence-corrected chi connectivity index (χ1v) is 8.28. The van der Waals surface area contributed by atoms with Crippen molar-refractivity contribution in [1.29, 1.82) is 0 Å². The summed E-state index contributed by atoms with van der Waals surface area (Å²) in [7, 11) is 1.65. The minimum absolute atomic E-state index is 0.0138. The van der Waals surface area contributed by atoms with Crippen LogP contribution in [0.15, 0.2) is 73.1 Å². The van der Waals surface area contributed by atoms with Crippen molar-refractivity contribution in [3.8, 4) is 5.75 Å². The largest absolute Gasteiger partial charge is 0.497 e. The molecule has 0 unspecified atom stereocenters. The van der Waals surface area contributed by atoms with Gasteiger partial charge >= 0.3 is 0 Å². The van der Waals surface area contributed by atoms with Crippen LogP contribution in [0.4, 0.5) is 5.69 Å². The Morgan fingerprint density at radius 1 is 1.08 bits per heavy atom. The first-order chi connectivity index (χ1) is 12.2. The molecule has 0 fully saturated rings. The highest BCUT2D eigenvalue weighted by Gasteiger charge is 2.17. The number of rotatable bonds is 6. The van der Waals surface area contributed by atoms with Crippen molar-refractivity contribution in [2.45, 2.75) is 19.4 Å². The summed E-state index contributed by atoms with van der Waals surface area (Å²) in [6.45, 7) is 2.01. The molecule has 128 valence electrons. The highest BCUT2D eigenvalue weighted by Crippen LogP contribution is 2.25. The van der Waals surface area contributed by atoms with Gasteiger partial charge in [-0.1, -0.05) is 24.3 Å². The molecule has 0 aliphatic heterocycles. The number of nitrogens with one attached hydrogen (secondary N) is 1. The van der Waals surface area contributed by atoms with E-state index in [1.165, 1.54) is 0 Å². The molecule has 0 aliphatic rings. The quantitative estimate of drug-likeness (QED) is 0.725.